The van der Waals surface area contributed by atoms with E-state index in [1.54, 1.807) is 11.1 Å². The summed E-state index contributed by atoms with van der Waals surface area (Å²) in [4.78, 5) is 32.2. The van der Waals surface area contributed by atoms with E-state index in [1.807, 2.05) is 16.1 Å². The summed E-state index contributed by atoms with van der Waals surface area (Å²) in [5.41, 5.74) is 11.1. The normalized spacial score (nSPS) is 21.8. The monoisotopic (exact) mass is 487 g/mol. The third kappa shape index (κ3) is 4.72. The van der Waals surface area contributed by atoms with Gasteiger partial charge in [0.05, 0.1) is 6.04 Å². The first-order valence-electron chi connectivity index (χ1n) is 13.0. The summed E-state index contributed by atoms with van der Waals surface area (Å²) in [7, 11) is 0. The van der Waals surface area contributed by atoms with Gasteiger partial charge in [-0.2, -0.15) is 0 Å². The summed E-state index contributed by atoms with van der Waals surface area (Å²) in [6.45, 7) is 12.1. The molecule has 190 valence electrons. The van der Waals surface area contributed by atoms with Crippen LogP contribution in [-0.2, 0) is 9.59 Å². The third-order valence-corrected chi connectivity index (χ3v) is 8.12. The van der Waals surface area contributed by atoms with Crippen molar-refractivity contribution < 1.29 is 9.59 Å². The molecule has 2 atom stereocenters. The summed E-state index contributed by atoms with van der Waals surface area (Å²) in [6.07, 6.45) is 4.80. The molecule has 2 fully saturated rings. The summed E-state index contributed by atoms with van der Waals surface area (Å²) in [5, 5.41) is 1.92. The molecule has 2 amide bonds. The Morgan fingerprint density at radius 1 is 0.944 bits per heavy atom. The molecule has 0 radical (unpaired) electrons. The van der Waals surface area contributed by atoms with Crippen molar-refractivity contribution in [1.82, 2.24) is 20.2 Å². The molecule has 3 aliphatic heterocycles. The Hall–Kier alpha value is -3.32. The lowest BCUT2D eigenvalue weighted by Crippen LogP contribution is -2.51. The van der Waals surface area contributed by atoms with Crippen molar-refractivity contribution in [3.05, 3.63) is 76.6 Å². The Morgan fingerprint density at radius 2 is 1.72 bits per heavy atom. The van der Waals surface area contributed by atoms with Crippen LogP contribution < -0.4 is 10.3 Å². The minimum Gasteiger partial charge on any atom is -0.368 e. The van der Waals surface area contributed by atoms with Gasteiger partial charge >= 0.3 is 0 Å². The Morgan fingerprint density at radius 3 is 2.47 bits per heavy atom. The molecular weight excluding hydrogens is 450 g/mol. The first-order chi connectivity index (χ1) is 17.3. The molecule has 2 saturated heterocycles. The fraction of sp³-hybridized carbons (Fsp3) is 0.448. The van der Waals surface area contributed by atoms with Crippen LogP contribution in [0.2, 0.25) is 0 Å². The molecule has 0 aromatic heterocycles. The number of hydrazine groups is 1. The van der Waals surface area contributed by atoms with Gasteiger partial charge in [-0.3, -0.25) is 9.59 Å². The highest BCUT2D eigenvalue weighted by Gasteiger charge is 2.40. The van der Waals surface area contributed by atoms with E-state index in [9.17, 15) is 9.59 Å². The molecule has 3 aliphatic rings. The molecule has 0 aliphatic carbocycles. The van der Waals surface area contributed by atoms with Gasteiger partial charge in [-0.1, -0.05) is 30.3 Å². The van der Waals surface area contributed by atoms with Crippen LogP contribution in [-0.4, -0.2) is 65.4 Å². The van der Waals surface area contributed by atoms with Gasteiger partial charge in [0.1, 0.15) is 6.04 Å². The van der Waals surface area contributed by atoms with E-state index < -0.39 is 0 Å². The SMILES string of the molecule is Cc1ccc(C2CC3C(=O)N(CCC(=O)N4CCN(c5cccc(C)c5C)CC4)C=CN3N2)cc1C. The minimum atomic E-state index is -0.238. The lowest BCUT2D eigenvalue weighted by molar-refractivity contribution is -0.136. The first-order valence-corrected chi connectivity index (χ1v) is 13.0. The van der Waals surface area contributed by atoms with Crippen molar-refractivity contribution in [2.24, 2.45) is 0 Å². The molecule has 5 rings (SSSR count). The number of benzene rings is 2. The van der Waals surface area contributed by atoms with E-state index in [1.165, 1.54) is 33.5 Å². The van der Waals surface area contributed by atoms with Crippen molar-refractivity contribution in [1.29, 1.82) is 0 Å². The number of fused-ring (bicyclic) bond motifs is 1. The predicted octanol–water partition coefficient (Wildman–Crippen LogP) is 3.59. The molecule has 7 heteroatoms. The Bertz CT molecular complexity index is 1180. The van der Waals surface area contributed by atoms with Crippen LogP contribution in [0.5, 0.6) is 0 Å². The third-order valence-electron chi connectivity index (χ3n) is 8.12. The van der Waals surface area contributed by atoms with Gasteiger partial charge in [-0.25, -0.2) is 5.43 Å². The standard InChI is InChI=1S/C29H37N5O2/c1-20-8-9-24(18-22(20)3)25-19-27-29(36)33(16-17-34(27)30-25)11-10-28(35)32-14-12-31(13-15-32)26-7-5-6-21(2)23(26)4/h5-9,16-18,25,27,30H,10-15,19H2,1-4H3. The van der Waals surface area contributed by atoms with Crippen molar-refractivity contribution in [2.45, 2.75) is 52.6 Å². The van der Waals surface area contributed by atoms with E-state index in [4.69, 9.17) is 0 Å². The number of amides is 2. The second-order valence-corrected chi connectivity index (χ2v) is 10.4. The maximum absolute atomic E-state index is 13.2. The Labute approximate surface area is 214 Å². The molecule has 2 aromatic carbocycles. The Kier molecular flexibility index (Phi) is 6.75. The fourth-order valence-electron chi connectivity index (χ4n) is 5.47. The van der Waals surface area contributed by atoms with Crippen LogP contribution >= 0.6 is 0 Å². The molecule has 0 saturated carbocycles. The van der Waals surface area contributed by atoms with Crippen LogP contribution in [0.25, 0.3) is 0 Å². The molecule has 0 spiro atoms. The number of nitrogens with zero attached hydrogens (tertiary/aromatic N) is 4. The number of hydrogen-bond acceptors (Lipinski definition) is 5. The van der Waals surface area contributed by atoms with Gasteiger partial charge in [0.25, 0.3) is 5.91 Å². The lowest BCUT2D eigenvalue weighted by Gasteiger charge is -2.37. The average Bonchev–Trinajstić information content (AvgIpc) is 3.32. The van der Waals surface area contributed by atoms with E-state index in [2.05, 4.69) is 74.4 Å². The lowest BCUT2D eigenvalue weighted by atomic mass is 9.97. The summed E-state index contributed by atoms with van der Waals surface area (Å²) in [5.74, 6) is 0.181. The van der Waals surface area contributed by atoms with Crippen molar-refractivity contribution in [3.8, 4) is 0 Å². The quantitative estimate of drug-likeness (QED) is 0.699. The van der Waals surface area contributed by atoms with Gasteiger partial charge < -0.3 is 19.7 Å². The summed E-state index contributed by atoms with van der Waals surface area (Å²) < 4.78 is 0. The van der Waals surface area contributed by atoms with Gasteiger partial charge in [-0.05, 0) is 68.0 Å². The van der Waals surface area contributed by atoms with Crippen LogP contribution in [0.3, 0.4) is 0 Å². The number of carbonyl (C=O) groups excluding carboxylic acids is 2. The van der Waals surface area contributed by atoms with E-state index in [-0.39, 0.29) is 23.9 Å². The highest BCUT2D eigenvalue weighted by molar-refractivity contribution is 5.85. The smallest absolute Gasteiger partial charge is 0.250 e. The summed E-state index contributed by atoms with van der Waals surface area (Å²) in [6, 6.07) is 12.8. The highest BCUT2D eigenvalue weighted by Crippen LogP contribution is 2.31. The molecule has 0 bridgehead atoms. The number of rotatable bonds is 5. The molecule has 2 aromatic rings. The molecule has 2 unspecified atom stereocenters. The number of piperazine rings is 1. The zero-order valence-corrected chi connectivity index (χ0v) is 21.8. The zero-order valence-electron chi connectivity index (χ0n) is 21.8. The van der Waals surface area contributed by atoms with E-state index in [0.717, 1.165) is 19.5 Å². The fourth-order valence-corrected chi connectivity index (χ4v) is 5.47. The zero-order chi connectivity index (χ0) is 25.4. The number of aryl methyl sites for hydroxylation is 3. The topological polar surface area (TPSA) is 59.1 Å². The largest absolute Gasteiger partial charge is 0.368 e. The number of carbonyl (C=O) groups is 2. The van der Waals surface area contributed by atoms with Crippen LogP contribution in [0.15, 0.2) is 48.8 Å². The van der Waals surface area contributed by atoms with Gasteiger partial charge in [-0.15, -0.1) is 0 Å². The van der Waals surface area contributed by atoms with E-state index in [0.29, 0.717) is 26.1 Å². The molecule has 7 nitrogen and oxygen atoms in total. The molecule has 3 heterocycles. The number of nitrogens with one attached hydrogen (secondary N) is 1. The maximum atomic E-state index is 13.2. The second kappa shape index (κ2) is 9.97. The average molecular weight is 488 g/mol. The van der Waals surface area contributed by atoms with Gasteiger partial charge in [0.15, 0.2) is 0 Å². The molecule has 36 heavy (non-hydrogen) atoms. The number of hydrogen-bond donors (Lipinski definition) is 1. The highest BCUT2D eigenvalue weighted by atomic mass is 16.2. The summed E-state index contributed by atoms with van der Waals surface area (Å²) >= 11 is 0. The van der Waals surface area contributed by atoms with Crippen molar-refractivity contribution >= 4 is 17.5 Å². The van der Waals surface area contributed by atoms with Gasteiger partial charge in [0.2, 0.25) is 5.91 Å². The van der Waals surface area contributed by atoms with Crippen molar-refractivity contribution in [2.75, 3.05) is 37.6 Å². The maximum Gasteiger partial charge on any atom is 0.250 e. The molecule has 1 N–H and O–H groups in total. The van der Waals surface area contributed by atoms with Crippen LogP contribution in [0.1, 0.15) is 46.7 Å². The minimum absolute atomic E-state index is 0.0591. The Balaban J connectivity index is 1.13. The first kappa shape index (κ1) is 24.4. The van der Waals surface area contributed by atoms with Gasteiger partial charge in [0, 0.05) is 57.2 Å². The van der Waals surface area contributed by atoms with Crippen LogP contribution in [0.4, 0.5) is 5.69 Å². The van der Waals surface area contributed by atoms with Crippen molar-refractivity contribution in [3.63, 3.8) is 0 Å². The molecular formula is C29H37N5O2. The second-order valence-electron chi connectivity index (χ2n) is 10.4. The number of anilines is 1. The van der Waals surface area contributed by atoms with E-state index >= 15 is 0 Å². The van der Waals surface area contributed by atoms with Crippen LogP contribution in [0, 0.1) is 27.7 Å². The predicted molar refractivity (Wildman–Crippen MR) is 142 cm³/mol.